The molecule has 0 saturated carbocycles. The molecule has 0 radical (unpaired) electrons. The predicted octanol–water partition coefficient (Wildman–Crippen LogP) is 0.775. The maximum Gasteiger partial charge on any atom is 0.353 e. The zero-order valence-electron chi connectivity index (χ0n) is 13.4. The van der Waals surface area contributed by atoms with Gasteiger partial charge in [0.2, 0.25) is 9.84 Å². The van der Waals surface area contributed by atoms with Gasteiger partial charge in [-0.05, 0) is 31.2 Å². The van der Waals surface area contributed by atoms with Crippen molar-refractivity contribution in [2.75, 3.05) is 13.0 Å². The Bertz CT molecular complexity index is 830. The quantitative estimate of drug-likeness (QED) is 0.477. The van der Waals surface area contributed by atoms with E-state index in [9.17, 15) is 8.42 Å². The molecule has 0 spiro atoms. The highest BCUT2D eigenvalue weighted by molar-refractivity contribution is 7.91. The summed E-state index contributed by atoms with van der Waals surface area (Å²) < 4.78 is 29.9. The van der Waals surface area contributed by atoms with Crippen LogP contribution in [0.1, 0.15) is 11.1 Å². The summed E-state index contributed by atoms with van der Waals surface area (Å²) in [7, 11) is -2.03. The second-order valence-corrected chi connectivity index (χ2v) is 7.47. The minimum atomic E-state index is -3.48. The van der Waals surface area contributed by atoms with Crippen LogP contribution in [0.15, 0.2) is 59.5 Å². The van der Waals surface area contributed by atoms with E-state index in [4.69, 9.17) is 17.0 Å². The topological polar surface area (TPSA) is 69.4 Å². The predicted molar refractivity (Wildman–Crippen MR) is 97.5 cm³/mol. The van der Waals surface area contributed by atoms with Gasteiger partial charge in [0.25, 0.3) is 5.84 Å². The van der Waals surface area contributed by atoms with Crippen LogP contribution in [0, 0.1) is 6.92 Å². The first-order chi connectivity index (χ1) is 11.4. The van der Waals surface area contributed by atoms with Gasteiger partial charge in [-0.2, -0.15) is 5.32 Å². The van der Waals surface area contributed by atoms with E-state index in [0.717, 1.165) is 11.1 Å². The minimum absolute atomic E-state index is 0.147. The molecule has 0 fully saturated rings. The largest absolute Gasteiger partial charge is 0.457 e. The van der Waals surface area contributed by atoms with Gasteiger partial charge in [0.05, 0.1) is 17.6 Å². The van der Waals surface area contributed by atoms with Crippen molar-refractivity contribution >= 4 is 33.1 Å². The van der Waals surface area contributed by atoms with E-state index in [1.165, 1.54) is 7.11 Å². The smallest absolute Gasteiger partial charge is 0.353 e. The number of rotatable bonds is 4. The lowest BCUT2D eigenvalue weighted by Crippen LogP contribution is -2.78. The molecular formula is C17H19N2O3S2+. The fourth-order valence-corrected chi connectivity index (χ4v) is 3.13. The van der Waals surface area contributed by atoms with Crippen molar-refractivity contribution in [3.05, 3.63) is 65.7 Å². The molecule has 2 N–H and O–H groups in total. The molecule has 5 nitrogen and oxygen atoms in total. The molecule has 0 aliphatic rings. The summed E-state index contributed by atoms with van der Waals surface area (Å²) in [6, 6.07) is 16.0. The highest BCUT2D eigenvalue weighted by Crippen LogP contribution is 2.10. The summed E-state index contributed by atoms with van der Waals surface area (Å²) in [6.07, 6.45) is 0. The van der Waals surface area contributed by atoms with Crippen LogP contribution in [0.3, 0.4) is 0 Å². The van der Waals surface area contributed by atoms with Crippen LogP contribution in [0.25, 0.3) is 0 Å². The number of ether oxygens (including phenoxy) is 1. The Morgan fingerprint density at radius 2 is 1.75 bits per heavy atom. The van der Waals surface area contributed by atoms with E-state index in [1.54, 1.807) is 24.3 Å². The molecule has 0 aliphatic heterocycles. The number of benzene rings is 2. The molecule has 0 bridgehead atoms. The van der Waals surface area contributed by atoms with Crippen LogP contribution in [0.5, 0.6) is 0 Å². The number of thiocarbonyl (C=S) groups is 1. The monoisotopic (exact) mass is 363 g/mol. The summed E-state index contributed by atoms with van der Waals surface area (Å²) in [6.45, 7) is 1.91. The Morgan fingerprint density at radius 1 is 1.12 bits per heavy atom. The van der Waals surface area contributed by atoms with Gasteiger partial charge in [-0.15, -0.1) is 0 Å². The molecule has 126 valence electrons. The number of amidine groups is 1. The Balaban J connectivity index is 2.29. The van der Waals surface area contributed by atoms with Crippen molar-refractivity contribution < 1.29 is 18.1 Å². The lowest BCUT2D eigenvalue weighted by Gasteiger charge is -2.05. The van der Waals surface area contributed by atoms with Crippen LogP contribution in [-0.4, -0.2) is 32.4 Å². The molecule has 0 aliphatic carbocycles. The number of hydrogen-bond donors (Lipinski definition) is 2. The van der Waals surface area contributed by atoms with Gasteiger partial charge in [0.1, 0.15) is 0 Å². The molecule has 2 rings (SSSR count). The first-order valence-electron chi connectivity index (χ1n) is 7.23. The number of sulfone groups is 1. The van der Waals surface area contributed by atoms with Crippen LogP contribution in [-0.2, 0) is 14.6 Å². The van der Waals surface area contributed by atoms with E-state index < -0.39 is 9.84 Å². The maximum absolute atomic E-state index is 12.5. The second-order valence-electron chi connectivity index (χ2n) is 5.11. The molecular weight excluding hydrogens is 344 g/mol. The number of methoxy groups -OCH3 is 1. The van der Waals surface area contributed by atoms with Gasteiger partial charge in [-0.1, -0.05) is 35.9 Å². The van der Waals surface area contributed by atoms with Gasteiger partial charge >= 0.3 is 5.17 Å². The van der Waals surface area contributed by atoms with Crippen molar-refractivity contribution in [2.45, 2.75) is 11.8 Å². The van der Waals surface area contributed by atoms with Crippen LogP contribution in [0.4, 0.5) is 0 Å². The SMILES string of the molecule is COC(=S)NC(=[NH+]CS(=O)(=O)c1ccc(C)cc1)c1ccccc1. The van der Waals surface area contributed by atoms with E-state index >= 15 is 0 Å². The molecule has 0 aromatic heterocycles. The maximum atomic E-state index is 12.5. The molecule has 2 aromatic rings. The van der Waals surface area contributed by atoms with E-state index in [0.29, 0.717) is 5.84 Å². The standard InChI is InChI=1S/C17H18N2O3S2/c1-13-8-10-15(11-9-13)24(20,21)12-18-16(19-17(23)22-2)14-6-4-3-5-7-14/h3-11H,12H2,1-2H3,(H,18,19,23)/p+1. The summed E-state index contributed by atoms with van der Waals surface area (Å²) >= 11 is 5.00. The molecule has 0 heterocycles. The summed E-state index contributed by atoms with van der Waals surface area (Å²) in [5.74, 6) is 0.206. The third kappa shape index (κ3) is 4.87. The molecule has 0 unspecified atom stereocenters. The van der Waals surface area contributed by atoms with Gasteiger partial charge < -0.3 is 4.74 Å². The van der Waals surface area contributed by atoms with Crippen LogP contribution >= 0.6 is 12.2 Å². The van der Waals surface area contributed by atoms with Crippen LogP contribution in [0.2, 0.25) is 0 Å². The van der Waals surface area contributed by atoms with Crippen molar-refractivity contribution in [2.24, 2.45) is 0 Å². The third-order valence-electron chi connectivity index (χ3n) is 3.29. The van der Waals surface area contributed by atoms with Crippen molar-refractivity contribution in [1.29, 1.82) is 0 Å². The highest BCUT2D eigenvalue weighted by Gasteiger charge is 2.18. The van der Waals surface area contributed by atoms with E-state index in [1.807, 2.05) is 37.3 Å². The zero-order valence-corrected chi connectivity index (χ0v) is 15.1. The molecule has 0 amide bonds. The Hall–Kier alpha value is -2.25. The number of nitrogens with one attached hydrogen (secondary N) is 2. The third-order valence-corrected chi connectivity index (χ3v) is 5.08. The molecule has 2 aromatic carbocycles. The summed E-state index contributed by atoms with van der Waals surface area (Å²) in [5, 5.41) is 3.01. The normalized spacial score (nSPS) is 11.8. The second kappa shape index (κ2) is 8.03. The Morgan fingerprint density at radius 3 is 2.33 bits per heavy atom. The van der Waals surface area contributed by atoms with E-state index in [2.05, 4.69) is 10.3 Å². The molecule has 7 heteroatoms. The van der Waals surface area contributed by atoms with Crippen molar-refractivity contribution in [3.63, 3.8) is 0 Å². The Labute approximate surface area is 147 Å². The van der Waals surface area contributed by atoms with Crippen LogP contribution < -0.4 is 10.3 Å². The van der Waals surface area contributed by atoms with Gasteiger partial charge in [0.15, 0.2) is 5.88 Å². The first kappa shape index (κ1) is 18.1. The number of aryl methyl sites for hydroxylation is 1. The molecule has 24 heavy (non-hydrogen) atoms. The first-order valence-corrected chi connectivity index (χ1v) is 9.29. The average molecular weight is 363 g/mol. The molecule has 0 atom stereocenters. The lowest BCUT2D eigenvalue weighted by molar-refractivity contribution is -0.435. The van der Waals surface area contributed by atoms with Crippen molar-refractivity contribution in [1.82, 2.24) is 5.32 Å². The van der Waals surface area contributed by atoms with Crippen molar-refractivity contribution in [3.8, 4) is 0 Å². The summed E-state index contributed by atoms with van der Waals surface area (Å²) in [4.78, 5) is 3.17. The lowest BCUT2D eigenvalue weighted by atomic mass is 10.2. The number of hydrogen-bond acceptors (Lipinski definition) is 4. The summed E-state index contributed by atoms with van der Waals surface area (Å²) in [5.41, 5.74) is 1.78. The highest BCUT2D eigenvalue weighted by atomic mass is 32.2. The Kier molecular flexibility index (Phi) is 6.05. The van der Waals surface area contributed by atoms with Gasteiger partial charge in [0, 0.05) is 12.2 Å². The fraction of sp³-hybridized carbons (Fsp3) is 0.176. The van der Waals surface area contributed by atoms with Gasteiger partial charge in [-0.3, -0.25) is 4.99 Å². The fourth-order valence-electron chi connectivity index (χ4n) is 1.97. The van der Waals surface area contributed by atoms with E-state index in [-0.39, 0.29) is 15.9 Å². The minimum Gasteiger partial charge on any atom is -0.457 e. The average Bonchev–Trinajstić information content (AvgIpc) is 2.59. The zero-order chi connectivity index (χ0) is 17.6. The van der Waals surface area contributed by atoms with Gasteiger partial charge in [-0.25, -0.2) is 8.42 Å². The molecule has 0 saturated heterocycles.